The lowest BCUT2D eigenvalue weighted by molar-refractivity contribution is 0.140. The Morgan fingerprint density at radius 1 is 1.10 bits per heavy atom. The molecule has 0 N–H and O–H groups in total. The van der Waals surface area contributed by atoms with E-state index in [1.807, 2.05) is 30.3 Å². The van der Waals surface area contributed by atoms with Crippen molar-refractivity contribution in [2.45, 2.75) is 6.42 Å². The van der Waals surface area contributed by atoms with Gasteiger partial charge in [-0.15, -0.1) is 0 Å². The Hall–Kier alpha value is -2.87. The molecular formula is C16H13N3O2. The Labute approximate surface area is 122 Å². The van der Waals surface area contributed by atoms with Gasteiger partial charge in [0.1, 0.15) is 5.69 Å². The fraction of sp³-hybridized carbons (Fsp3) is 0.188. The van der Waals surface area contributed by atoms with Crippen LogP contribution >= 0.6 is 0 Å². The molecule has 5 nitrogen and oxygen atoms in total. The summed E-state index contributed by atoms with van der Waals surface area (Å²) in [6, 6.07) is 9.66. The zero-order valence-corrected chi connectivity index (χ0v) is 11.3. The number of carbonyl (C=O) groups is 1. The second-order valence-corrected chi connectivity index (χ2v) is 4.50. The zero-order chi connectivity index (χ0) is 14.5. The summed E-state index contributed by atoms with van der Waals surface area (Å²) in [5, 5.41) is 0. The molecule has 1 aliphatic rings. The topological polar surface area (TPSA) is 55.3 Å². The molecule has 1 aliphatic heterocycles. The van der Waals surface area contributed by atoms with Gasteiger partial charge in [0.15, 0.2) is 5.82 Å². The van der Waals surface area contributed by atoms with Crippen molar-refractivity contribution in [3.63, 3.8) is 0 Å². The van der Waals surface area contributed by atoms with E-state index in [2.05, 4.69) is 21.8 Å². The first kappa shape index (κ1) is 13.1. The largest absolute Gasteiger partial charge is 0.449 e. The molecule has 2 heterocycles. The Kier molecular flexibility index (Phi) is 3.79. The zero-order valence-electron chi connectivity index (χ0n) is 11.3. The molecule has 1 saturated heterocycles. The second-order valence-electron chi connectivity index (χ2n) is 4.50. The summed E-state index contributed by atoms with van der Waals surface area (Å²) in [6.45, 7) is 1.06. The van der Waals surface area contributed by atoms with E-state index in [0.717, 1.165) is 12.0 Å². The predicted molar refractivity (Wildman–Crippen MR) is 77.8 cm³/mol. The standard InChI is InChI=1S/C16H13N3O2/c20-16-19(9-4-10-21-16)15-12-17-14(11-18-15)8-7-13-5-2-1-3-6-13/h1-3,5-6,11-12H,4,9-10H2. The summed E-state index contributed by atoms with van der Waals surface area (Å²) in [5.74, 6) is 6.45. The molecule has 0 radical (unpaired) electrons. The lowest BCUT2D eigenvalue weighted by Gasteiger charge is -2.24. The van der Waals surface area contributed by atoms with Crippen LogP contribution in [0.15, 0.2) is 42.7 Å². The SMILES string of the molecule is O=C1OCCCN1c1cnc(C#Cc2ccccc2)cn1. The van der Waals surface area contributed by atoms with Crippen molar-refractivity contribution in [1.29, 1.82) is 0 Å². The van der Waals surface area contributed by atoms with Gasteiger partial charge in [0.2, 0.25) is 0 Å². The van der Waals surface area contributed by atoms with Gasteiger partial charge in [-0.1, -0.05) is 24.1 Å². The number of aromatic nitrogens is 2. The van der Waals surface area contributed by atoms with Gasteiger partial charge >= 0.3 is 6.09 Å². The van der Waals surface area contributed by atoms with Gasteiger partial charge in [0.05, 0.1) is 19.0 Å². The van der Waals surface area contributed by atoms with Crippen LogP contribution in [-0.2, 0) is 4.74 Å². The molecule has 5 heteroatoms. The maximum atomic E-state index is 11.6. The molecule has 0 atom stereocenters. The number of ether oxygens (including phenoxy) is 1. The molecule has 1 amide bonds. The van der Waals surface area contributed by atoms with E-state index in [9.17, 15) is 4.79 Å². The van der Waals surface area contributed by atoms with Crippen LogP contribution in [0, 0.1) is 11.8 Å². The van der Waals surface area contributed by atoms with E-state index in [-0.39, 0.29) is 6.09 Å². The van der Waals surface area contributed by atoms with E-state index < -0.39 is 0 Å². The van der Waals surface area contributed by atoms with E-state index in [1.165, 1.54) is 4.90 Å². The number of hydrogen-bond acceptors (Lipinski definition) is 4. The van der Waals surface area contributed by atoms with E-state index in [1.54, 1.807) is 12.4 Å². The van der Waals surface area contributed by atoms with Crippen molar-refractivity contribution in [2.75, 3.05) is 18.1 Å². The fourth-order valence-electron chi connectivity index (χ4n) is 1.94. The average Bonchev–Trinajstić information content (AvgIpc) is 2.55. The van der Waals surface area contributed by atoms with Crippen molar-refractivity contribution < 1.29 is 9.53 Å². The molecule has 0 unspecified atom stereocenters. The number of benzene rings is 1. The summed E-state index contributed by atoms with van der Waals surface area (Å²) in [4.78, 5) is 21.5. The summed E-state index contributed by atoms with van der Waals surface area (Å²) in [6.07, 6.45) is 3.52. The Balaban J connectivity index is 1.75. The highest BCUT2D eigenvalue weighted by atomic mass is 16.6. The fourth-order valence-corrected chi connectivity index (χ4v) is 1.94. The number of anilines is 1. The van der Waals surface area contributed by atoms with Gasteiger partial charge in [-0.05, 0) is 24.5 Å². The van der Waals surface area contributed by atoms with E-state index >= 15 is 0 Å². The van der Waals surface area contributed by atoms with Gasteiger partial charge in [-0.2, -0.15) is 0 Å². The van der Waals surface area contributed by atoms with Crippen molar-refractivity contribution in [1.82, 2.24) is 9.97 Å². The second kappa shape index (κ2) is 6.06. The van der Waals surface area contributed by atoms with E-state index in [0.29, 0.717) is 24.7 Å². The van der Waals surface area contributed by atoms with Crippen molar-refractivity contribution in [3.8, 4) is 11.8 Å². The predicted octanol–water partition coefficient (Wildman–Crippen LogP) is 2.22. The minimum absolute atomic E-state index is 0.376. The maximum Gasteiger partial charge on any atom is 0.415 e. The minimum Gasteiger partial charge on any atom is -0.449 e. The summed E-state index contributed by atoms with van der Waals surface area (Å²) in [5.41, 5.74) is 1.48. The maximum absolute atomic E-state index is 11.6. The van der Waals surface area contributed by atoms with E-state index in [4.69, 9.17) is 4.74 Å². The molecule has 0 saturated carbocycles. The van der Waals surface area contributed by atoms with Crippen LogP contribution in [0.5, 0.6) is 0 Å². The number of cyclic esters (lactones) is 1. The molecule has 2 aromatic rings. The third-order valence-electron chi connectivity index (χ3n) is 3.00. The van der Waals surface area contributed by atoms with Crippen LogP contribution in [0.25, 0.3) is 0 Å². The first-order valence-corrected chi connectivity index (χ1v) is 6.66. The lowest BCUT2D eigenvalue weighted by atomic mass is 10.2. The number of hydrogen-bond donors (Lipinski definition) is 0. The molecule has 104 valence electrons. The Bertz CT molecular complexity index is 687. The van der Waals surface area contributed by atoms with Crippen molar-refractivity contribution >= 4 is 11.9 Å². The van der Waals surface area contributed by atoms with Crippen LogP contribution in [0.1, 0.15) is 17.7 Å². The summed E-state index contributed by atoms with van der Waals surface area (Å²) < 4.78 is 4.97. The molecule has 1 aromatic heterocycles. The summed E-state index contributed by atoms with van der Waals surface area (Å²) >= 11 is 0. The molecule has 0 spiro atoms. The minimum atomic E-state index is -0.376. The van der Waals surface area contributed by atoms with Gasteiger partial charge in [-0.3, -0.25) is 4.90 Å². The first-order valence-electron chi connectivity index (χ1n) is 6.66. The number of nitrogens with zero attached hydrogens (tertiary/aromatic N) is 3. The highest BCUT2D eigenvalue weighted by molar-refractivity contribution is 5.86. The summed E-state index contributed by atoms with van der Waals surface area (Å²) in [7, 11) is 0. The number of rotatable bonds is 1. The number of amides is 1. The van der Waals surface area contributed by atoms with Crippen LogP contribution in [0.4, 0.5) is 10.6 Å². The quantitative estimate of drug-likeness (QED) is 0.751. The molecule has 3 rings (SSSR count). The Morgan fingerprint density at radius 2 is 1.95 bits per heavy atom. The van der Waals surface area contributed by atoms with Crippen LogP contribution in [0.3, 0.4) is 0 Å². The lowest BCUT2D eigenvalue weighted by Crippen LogP contribution is -2.38. The molecule has 1 aromatic carbocycles. The first-order chi connectivity index (χ1) is 10.3. The highest BCUT2D eigenvalue weighted by Gasteiger charge is 2.22. The molecule has 0 bridgehead atoms. The van der Waals surface area contributed by atoms with Gasteiger partial charge < -0.3 is 4.74 Å². The van der Waals surface area contributed by atoms with Gasteiger partial charge in [-0.25, -0.2) is 14.8 Å². The Morgan fingerprint density at radius 3 is 2.67 bits per heavy atom. The third kappa shape index (κ3) is 3.18. The normalized spacial score (nSPS) is 14.1. The molecule has 0 aliphatic carbocycles. The smallest absolute Gasteiger partial charge is 0.415 e. The van der Waals surface area contributed by atoms with Crippen molar-refractivity contribution in [2.24, 2.45) is 0 Å². The van der Waals surface area contributed by atoms with Crippen LogP contribution in [-0.4, -0.2) is 29.2 Å². The highest BCUT2D eigenvalue weighted by Crippen LogP contribution is 2.14. The van der Waals surface area contributed by atoms with Gasteiger partial charge in [0, 0.05) is 12.1 Å². The molecular weight excluding hydrogens is 266 g/mol. The molecule has 1 fully saturated rings. The third-order valence-corrected chi connectivity index (χ3v) is 3.00. The van der Waals surface area contributed by atoms with Gasteiger partial charge in [0.25, 0.3) is 0 Å². The van der Waals surface area contributed by atoms with Crippen LogP contribution < -0.4 is 4.90 Å². The number of carbonyl (C=O) groups excluding carboxylic acids is 1. The van der Waals surface area contributed by atoms with Crippen LogP contribution in [0.2, 0.25) is 0 Å². The molecule has 21 heavy (non-hydrogen) atoms. The monoisotopic (exact) mass is 279 g/mol. The van der Waals surface area contributed by atoms with Crippen molar-refractivity contribution in [3.05, 3.63) is 54.0 Å². The average molecular weight is 279 g/mol.